The van der Waals surface area contributed by atoms with E-state index < -0.39 is 0 Å². The molecule has 2 fully saturated rings. The monoisotopic (exact) mass is 243 g/mol. The van der Waals surface area contributed by atoms with Crippen LogP contribution in [0.2, 0.25) is 0 Å². The maximum Gasteiger partial charge on any atom is 0.235 e. The highest BCUT2D eigenvalue weighted by molar-refractivity contribution is 5.43. The van der Waals surface area contributed by atoms with Gasteiger partial charge < -0.3 is 4.74 Å². The molecule has 0 amide bonds. The van der Waals surface area contributed by atoms with Crippen molar-refractivity contribution in [1.82, 2.24) is 0 Å². The van der Waals surface area contributed by atoms with Crippen molar-refractivity contribution in [2.75, 3.05) is 13.2 Å². The van der Waals surface area contributed by atoms with E-state index >= 15 is 0 Å². The number of carbonyl (C=O) groups excluding carboxylic acids is 1. The summed E-state index contributed by atoms with van der Waals surface area (Å²) in [4.78, 5) is 15.0. The Morgan fingerprint density at radius 2 is 1.94 bits per heavy atom. The molecule has 1 aliphatic carbocycles. The molecule has 94 valence electrons. The second kappa shape index (κ2) is 4.68. The minimum atomic E-state index is -0.312. The van der Waals surface area contributed by atoms with E-state index in [0.717, 1.165) is 38.9 Å². The molecule has 0 unspecified atom stereocenters. The normalized spacial score (nSPS) is 22.2. The molecule has 3 heteroatoms. The van der Waals surface area contributed by atoms with Crippen molar-refractivity contribution in [3.63, 3.8) is 0 Å². The molecule has 1 aromatic rings. The minimum Gasteiger partial charge on any atom is -0.380 e. The van der Waals surface area contributed by atoms with Crippen molar-refractivity contribution in [2.45, 2.75) is 37.1 Å². The summed E-state index contributed by atoms with van der Waals surface area (Å²) in [7, 11) is 0. The van der Waals surface area contributed by atoms with E-state index in [1.165, 1.54) is 11.1 Å². The third kappa shape index (κ3) is 1.80. The fourth-order valence-corrected chi connectivity index (χ4v) is 3.18. The van der Waals surface area contributed by atoms with Gasteiger partial charge in [-0.15, -0.1) is 0 Å². The fraction of sp³-hybridized carbons (Fsp3) is 0.533. The average molecular weight is 243 g/mol. The molecule has 0 atom stereocenters. The van der Waals surface area contributed by atoms with Gasteiger partial charge in [0, 0.05) is 5.92 Å². The molecule has 0 spiro atoms. The highest BCUT2D eigenvalue weighted by Crippen LogP contribution is 2.45. The van der Waals surface area contributed by atoms with Gasteiger partial charge in [-0.25, -0.2) is 4.79 Å². The molecule has 1 heterocycles. The van der Waals surface area contributed by atoms with E-state index in [2.05, 4.69) is 23.2 Å². The molecule has 2 aliphatic rings. The summed E-state index contributed by atoms with van der Waals surface area (Å²) in [6.45, 7) is 1.58. The topological polar surface area (TPSA) is 38.7 Å². The van der Waals surface area contributed by atoms with Gasteiger partial charge >= 0.3 is 0 Å². The molecular formula is C15H17NO2. The maximum atomic E-state index is 10.8. The summed E-state index contributed by atoms with van der Waals surface area (Å²) in [5, 5.41) is 0. The molecule has 1 saturated heterocycles. The number of rotatable bonds is 3. The van der Waals surface area contributed by atoms with Gasteiger partial charge in [-0.05, 0) is 24.0 Å². The van der Waals surface area contributed by atoms with Crippen LogP contribution in [0.25, 0.3) is 0 Å². The number of ether oxygens (including phenoxy) is 1. The van der Waals surface area contributed by atoms with Crippen molar-refractivity contribution in [3.8, 4) is 0 Å². The Balaban J connectivity index is 2.06. The van der Waals surface area contributed by atoms with E-state index in [1.54, 1.807) is 6.08 Å². The largest absolute Gasteiger partial charge is 0.380 e. The van der Waals surface area contributed by atoms with Crippen LogP contribution in [-0.2, 0) is 15.1 Å². The Bertz CT molecular complexity index is 481. The average Bonchev–Trinajstić information content (AvgIpc) is 2.78. The second-order valence-electron chi connectivity index (χ2n) is 5.26. The molecule has 0 bridgehead atoms. The predicted octanol–water partition coefficient (Wildman–Crippen LogP) is 2.91. The first kappa shape index (κ1) is 11.6. The van der Waals surface area contributed by atoms with Crippen molar-refractivity contribution < 1.29 is 9.53 Å². The first-order valence-corrected chi connectivity index (χ1v) is 6.62. The molecule has 3 rings (SSSR count). The first-order valence-electron chi connectivity index (χ1n) is 6.62. The lowest BCUT2D eigenvalue weighted by Crippen LogP contribution is -2.29. The molecule has 1 aromatic carbocycles. The summed E-state index contributed by atoms with van der Waals surface area (Å²) in [5.41, 5.74) is 2.22. The Hall–Kier alpha value is -1.44. The van der Waals surface area contributed by atoms with Crippen LogP contribution in [0.15, 0.2) is 29.3 Å². The zero-order chi connectivity index (χ0) is 12.4. The molecule has 3 nitrogen and oxygen atoms in total. The number of aliphatic imine (C=N–C) groups is 1. The maximum absolute atomic E-state index is 10.8. The quantitative estimate of drug-likeness (QED) is 0.604. The first-order chi connectivity index (χ1) is 8.86. The highest BCUT2D eigenvalue weighted by atomic mass is 16.5. The zero-order valence-corrected chi connectivity index (χ0v) is 10.4. The number of hydrogen-bond donors (Lipinski definition) is 0. The molecule has 1 saturated carbocycles. The van der Waals surface area contributed by atoms with Crippen LogP contribution in [-0.4, -0.2) is 19.3 Å². The zero-order valence-electron chi connectivity index (χ0n) is 10.4. The summed E-state index contributed by atoms with van der Waals surface area (Å²) < 4.78 is 5.29. The molecule has 0 N–H and O–H groups in total. The Morgan fingerprint density at radius 1 is 1.22 bits per heavy atom. The lowest BCUT2D eigenvalue weighted by Gasteiger charge is -2.33. The van der Waals surface area contributed by atoms with Gasteiger partial charge in [0.1, 0.15) is 0 Å². The van der Waals surface area contributed by atoms with Crippen LogP contribution >= 0.6 is 0 Å². The van der Waals surface area contributed by atoms with Crippen LogP contribution in [0.3, 0.4) is 0 Å². The number of hydrogen-bond acceptors (Lipinski definition) is 3. The standard InChI is InChI=1S/C15H17NO2/c17-11-16-15(7-3-4-8-15)14-6-2-1-5-13(14)12-9-18-10-12/h1-2,5-6,12H,3-4,7-10H2. The highest BCUT2D eigenvalue weighted by Gasteiger charge is 2.39. The van der Waals surface area contributed by atoms with Gasteiger partial charge in [-0.2, -0.15) is 4.99 Å². The number of benzene rings is 1. The van der Waals surface area contributed by atoms with Crippen molar-refractivity contribution in [2.24, 2.45) is 4.99 Å². The van der Waals surface area contributed by atoms with Crippen LogP contribution in [0.1, 0.15) is 42.7 Å². The van der Waals surface area contributed by atoms with Gasteiger partial charge in [0.05, 0.1) is 18.8 Å². The lowest BCUT2D eigenvalue weighted by atomic mass is 9.81. The third-order valence-corrected chi connectivity index (χ3v) is 4.23. The summed E-state index contributed by atoms with van der Waals surface area (Å²) in [6.07, 6.45) is 6.00. The van der Waals surface area contributed by atoms with Crippen molar-refractivity contribution in [1.29, 1.82) is 0 Å². The van der Waals surface area contributed by atoms with E-state index in [0.29, 0.717) is 5.92 Å². The Kier molecular flexibility index (Phi) is 3.02. The Labute approximate surface area is 107 Å². The fourth-order valence-electron chi connectivity index (χ4n) is 3.18. The van der Waals surface area contributed by atoms with Gasteiger partial charge in [0.15, 0.2) is 0 Å². The molecule has 18 heavy (non-hydrogen) atoms. The van der Waals surface area contributed by atoms with E-state index in [9.17, 15) is 4.79 Å². The van der Waals surface area contributed by atoms with Gasteiger partial charge in [-0.3, -0.25) is 0 Å². The molecule has 0 aromatic heterocycles. The second-order valence-corrected chi connectivity index (χ2v) is 5.26. The van der Waals surface area contributed by atoms with Crippen LogP contribution in [0.4, 0.5) is 0 Å². The van der Waals surface area contributed by atoms with E-state index in [4.69, 9.17) is 4.74 Å². The molecule has 0 radical (unpaired) electrons. The number of isocyanates is 1. The minimum absolute atomic E-state index is 0.312. The van der Waals surface area contributed by atoms with Gasteiger partial charge in [0.25, 0.3) is 0 Å². The van der Waals surface area contributed by atoms with Crippen LogP contribution in [0.5, 0.6) is 0 Å². The van der Waals surface area contributed by atoms with Crippen LogP contribution < -0.4 is 0 Å². The van der Waals surface area contributed by atoms with E-state index in [1.807, 2.05) is 6.07 Å². The smallest absolute Gasteiger partial charge is 0.235 e. The van der Waals surface area contributed by atoms with Crippen molar-refractivity contribution >= 4 is 6.08 Å². The van der Waals surface area contributed by atoms with Crippen molar-refractivity contribution in [3.05, 3.63) is 35.4 Å². The summed E-state index contributed by atoms with van der Waals surface area (Å²) in [6, 6.07) is 8.38. The lowest BCUT2D eigenvalue weighted by molar-refractivity contribution is 0.00767. The molecular weight excluding hydrogens is 226 g/mol. The number of nitrogens with zero attached hydrogens (tertiary/aromatic N) is 1. The SMILES string of the molecule is O=C=NC1(c2ccccc2C2COC2)CCCC1. The van der Waals surface area contributed by atoms with E-state index in [-0.39, 0.29) is 5.54 Å². The van der Waals surface area contributed by atoms with Crippen LogP contribution in [0, 0.1) is 0 Å². The molecule has 1 aliphatic heterocycles. The predicted molar refractivity (Wildman–Crippen MR) is 68.3 cm³/mol. The summed E-state index contributed by atoms with van der Waals surface area (Å²) in [5.74, 6) is 0.473. The Morgan fingerprint density at radius 3 is 2.56 bits per heavy atom. The van der Waals surface area contributed by atoms with Gasteiger partial charge in [-0.1, -0.05) is 37.1 Å². The van der Waals surface area contributed by atoms with Gasteiger partial charge in [0.2, 0.25) is 6.08 Å². The summed E-state index contributed by atoms with van der Waals surface area (Å²) >= 11 is 0. The third-order valence-electron chi connectivity index (χ3n) is 4.23.